The first-order valence-electron chi connectivity index (χ1n) is 13.4. The van der Waals surface area contributed by atoms with Crippen molar-refractivity contribution < 1.29 is 5.11 Å². The third-order valence-corrected chi connectivity index (χ3v) is 11.8. The van der Waals surface area contributed by atoms with E-state index in [-0.39, 0.29) is 11.5 Å². The lowest BCUT2D eigenvalue weighted by atomic mass is 9.35. The van der Waals surface area contributed by atoms with Crippen molar-refractivity contribution in [1.29, 1.82) is 0 Å². The van der Waals surface area contributed by atoms with E-state index in [1.807, 2.05) is 5.57 Å². The smallest absolute Gasteiger partial charge is 0.0594 e. The molecule has 4 rings (SSSR count). The maximum Gasteiger partial charge on any atom is 0.0594 e. The molecule has 4 fully saturated rings. The molecule has 3 unspecified atom stereocenters. The van der Waals surface area contributed by atoms with Crippen molar-refractivity contribution in [1.82, 2.24) is 0 Å². The minimum absolute atomic E-state index is 0.0638. The van der Waals surface area contributed by atoms with E-state index < -0.39 is 0 Å². The molecule has 176 valence electrons. The highest BCUT2D eigenvalue weighted by atomic mass is 16.3. The van der Waals surface area contributed by atoms with Gasteiger partial charge in [0.2, 0.25) is 0 Å². The molecule has 0 amide bonds. The van der Waals surface area contributed by atoms with Gasteiger partial charge in [0.1, 0.15) is 0 Å². The maximum atomic E-state index is 10.8. The van der Waals surface area contributed by atoms with E-state index in [1.54, 1.807) is 5.57 Å². The zero-order valence-corrected chi connectivity index (χ0v) is 21.9. The minimum atomic E-state index is -0.119. The molecular formula is C30H50O. The molecule has 0 saturated heterocycles. The first-order valence-corrected chi connectivity index (χ1v) is 13.4. The van der Waals surface area contributed by atoms with Crippen LogP contribution in [-0.2, 0) is 0 Å². The van der Waals surface area contributed by atoms with Crippen molar-refractivity contribution in [3.63, 3.8) is 0 Å². The van der Waals surface area contributed by atoms with Crippen LogP contribution < -0.4 is 0 Å². The standard InChI is InChI=1S/C30H50O/c1-20(2)10-9-11-21(3)22-14-18-29(7)23(22)12-13-25-28(6)17-16-26(31)27(4,5)24(28)15-19-30(25,29)8/h10,23-26,31H,9,11-19H2,1-8H3/b22-21-/t23?,24?,25?,26-,28-,29-,30-/m0/s1. The molecule has 0 aromatic heterocycles. The molecule has 7 atom stereocenters. The van der Waals surface area contributed by atoms with Crippen LogP contribution in [0.1, 0.15) is 120 Å². The number of rotatable bonds is 3. The van der Waals surface area contributed by atoms with Crippen LogP contribution in [0, 0.1) is 39.4 Å². The maximum absolute atomic E-state index is 10.8. The minimum Gasteiger partial charge on any atom is -0.393 e. The van der Waals surface area contributed by atoms with Crippen LogP contribution in [0.2, 0.25) is 0 Å². The van der Waals surface area contributed by atoms with Gasteiger partial charge in [0, 0.05) is 0 Å². The summed E-state index contributed by atoms with van der Waals surface area (Å²) in [5, 5.41) is 10.8. The van der Waals surface area contributed by atoms with Crippen LogP contribution in [0.4, 0.5) is 0 Å². The van der Waals surface area contributed by atoms with E-state index in [9.17, 15) is 5.11 Å². The number of aliphatic hydroxyl groups excluding tert-OH is 1. The molecule has 0 bridgehead atoms. The third-order valence-electron chi connectivity index (χ3n) is 11.8. The predicted molar refractivity (Wildman–Crippen MR) is 133 cm³/mol. The van der Waals surface area contributed by atoms with Crippen molar-refractivity contribution in [2.75, 3.05) is 0 Å². The molecule has 1 nitrogen and oxygen atoms in total. The average molecular weight is 427 g/mol. The van der Waals surface area contributed by atoms with Gasteiger partial charge in [-0.1, -0.05) is 57.4 Å². The lowest BCUT2D eigenvalue weighted by Crippen LogP contribution is -2.63. The lowest BCUT2D eigenvalue weighted by molar-refractivity contribution is -0.217. The van der Waals surface area contributed by atoms with Crippen molar-refractivity contribution in [2.24, 2.45) is 39.4 Å². The normalized spacial score (nSPS) is 47.8. The van der Waals surface area contributed by atoms with E-state index in [4.69, 9.17) is 0 Å². The Hall–Kier alpha value is -0.560. The van der Waals surface area contributed by atoms with Gasteiger partial charge in [-0.05, 0) is 124 Å². The molecule has 31 heavy (non-hydrogen) atoms. The summed E-state index contributed by atoms with van der Waals surface area (Å²) in [6, 6.07) is 0. The molecule has 0 radical (unpaired) electrons. The molecule has 0 aliphatic heterocycles. The molecule has 0 spiro atoms. The lowest BCUT2D eigenvalue weighted by Gasteiger charge is -2.69. The molecule has 4 saturated carbocycles. The number of allylic oxidation sites excluding steroid dienone is 4. The van der Waals surface area contributed by atoms with Crippen LogP contribution in [0.5, 0.6) is 0 Å². The Morgan fingerprint density at radius 2 is 1.58 bits per heavy atom. The van der Waals surface area contributed by atoms with Crippen LogP contribution in [0.25, 0.3) is 0 Å². The van der Waals surface area contributed by atoms with Gasteiger partial charge < -0.3 is 5.11 Å². The first kappa shape index (κ1) is 23.6. The number of hydrogen-bond donors (Lipinski definition) is 1. The molecule has 4 aliphatic rings. The fourth-order valence-electron chi connectivity index (χ4n) is 9.76. The largest absolute Gasteiger partial charge is 0.393 e. The Kier molecular flexibility index (Phi) is 5.90. The zero-order valence-electron chi connectivity index (χ0n) is 21.9. The van der Waals surface area contributed by atoms with E-state index in [1.165, 1.54) is 63.4 Å². The van der Waals surface area contributed by atoms with Crippen molar-refractivity contribution in [3.05, 3.63) is 22.8 Å². The van der Waals surface area contributed by atoms with Crippen LogP contribution >= 0.6 is 0 Å². The molecule has 1 heteroatoms. The van der Waals surface area contributed by atoms with Gasteiger partial charge in [-0.2, -0.15) is 0 Å². The Morgan fingerprint density at radius 1 is 0.871 bits per heavy atom. The number of fused-ring (bicyclic) bond motifs is 5. The van der Waals surface area contributed by atoms with Crippen LogP contribution in [0.15, 0.2) is 22.8 Å². The van der Waals surface area contributed by atoms with Gasteiger partial charge in [-0.15, -0.1) is 0 Å². The van der Waals surface area contributed by atoms with Gasteiger partial charge in [0.25, 0.3) is 0 Å². The van der Waals surface area contributed by atoms with E-state index in [2.05, 4.69) is 61.5 Å². The quantitative estimate of drug-likeness (QED) is 0.449. The van der Waals surface area contributed by atoms with Crippen LogP contribution in [0.3, 0.4) is 0 Å². The fourth-order valence-corrected chi connectivity index (χ4v) is 9.76. The molecule has 1 N–H and O–H groups in total. The van der Waals surface area contributed by atoms with Gasteiger partial charge in [0.05, 0.1) is 6.10 Å². The summed E-state index contributed by atoms with van der Waals surface area (Å²) < 4.78 is 0. The first-order chi connectivity index (χ1) is 14.4. The van der Waals surface area contributed by atoms with Gasteiger partial charge in [-0.3, -0.25) is 0 Å². The molecule has 4 aliphatic carbocycles. The summed E-state index contributed by atoms with van der Waals surface area (Å²) in [5.41, 5.74) is 6.36. The van der Waals surface area contributed by atoms with Gasteiger partial charge >= 0.3 is 0 Å². The monoisotopic (exact) mass is 426 g/mol. The van der Waals surface area contributed by atoms with Gasteiger partial charge in [-0.25, -0.2) is 0 Å². The summed E-state index contributed by atoms with van der Waals surface area (Å²) in [4.78, 5) is 0. The summed E-state index contributed by atoms with van der Waals surface area (Å²) >= 11 is 0. The Balaban J connectivity index is 1.64. The van der Waals surface area contributed by atoms with Crippen molar-refractivity contribution in [2.45, 2.75) is 126 Å². The SMILES string of the molecule is CC(C)=CCC/C(C)=C1/CC[C@@]2(C)C1CCC1[C@@]3(C)CC[C@H](O)C(C)(C)C3CC[C@@]12C. The van der Waals surface area contributed by atoms with Gasteiger partial charge in [0.15, 0.2) is 0 Å². The molecule has 0 heterocycles. The topological polar surface area (TPSA) is 20.2 Å². The highest BCUT2D eigenvalue weighted by Gasteiger charge is 2.67. The highest BCUT2D eigenvalue weighted by molar-refractivity contribution is 5.29. The number of hydrogen-bond acceptors (Lipinski definition) is 1. The molecule has 0 aromatic rings. The van der Waals surface area contributed by atoms with E-state index in [0.717, 1.165) is 18.3 Å². The summed E-state index contributed by atoms with van der Waals surface area (Å²) in [5.74, 6) is 2.30. The third kappa shape index (κ3) is 3.34. The summed E-state index contributed by atoms with van der Waals surface area (Å²) in [7, 11) is 0. The number of aliphatic hydroxyl groups is 1. The molecular weight excluding hydrogens is 376 g/mol. The summed E-state index contributed by atoms with van der Waals surface area (Å²) in [6.45, 7) is 19.6. The Morgan fingerprint density at radius 3 is 2.26 bits per heavy atom. The Bertz CT molecular complexity index is 767. The van der Waals surface area contributed by atoms with Crippen LogP contribution in [-0.4, -0.2) is 11.2 Å². The van der Waals surface area contributed by atoms with E-state index in [0.29, 0.717) is 22.2 Å². The van der Waals surface area contributed by atoms with Crippen molar-refractivity contribution >= 4 is 0 Å². The Labute approximate surface area is 193 Å². The molecule has 0 aromatic carbocycles. The second kappa shape index (κ2) is 7.75. The predicted octanol–water partition coefficient (Wildman–Crippen LogP) is 8.48. The highest BCUT2D eigenvalue weighted by Crippen LogP contribution is 2.75. The van der Waals surface area contributed by atoms with Crippen molar-refractivity contribution in [3.8, 4) is 0 Å². The summed E-state index contributed by atoms with van der Waals surface area (Å²) in [6.07, 6.45) is 15.2. The average Bonchev–Trinajstić information content (AvgIpc) is 3.03. The second-order valence-corrected chi connectivity index (χ2v) is 13.6. The second-order valence-electron chi connectivity index (χ2n) is 13.6. The van der Waals surface area contributed by atoms with E-state index >= 15 is 0 Å². The fraction of sp³-hybridized carbons (Fsp3) is 0.867. The zero-order chi connectivity index (χ0) is 22.8.